The van der Waals surface area contributed by atoms with Crippen LogP contribution >= 0.6 is 0 Å². The number of hydrogen-bond acceptors (Lipinski definition) is 4. The van der Waals surface area contributed by atoms with E-state index in [1.807, 2.05) is 0 Å². The monoisotopic (exact) mass is 341 g/mol. The molecule has 1 saturated carbocycles. The number of amides is 1. The number of alkyl halides is 2. The lowest BCUT2D eigenvalue weighted by Gasteiger charge is -2.16. The van der Waals surface area contributed by atoms with Gasteiger partial charge in [-0.2, -0.15) is 8.78 Å². The average molecular weight is 341 g/mol. The van der Waals surface area contributed by atoms with E-state index in [2.05, 4.69) is 10.1 Å². The number of ether oxygens (including phenoxy) is 2. The Morgan fingerprint density at radius 1 is 1.12 bits per heavy atom. The Kier molecular flexibility index (Phi) is 6.96. The largest absolute Gasteiger partial charge is 0.452 e. The van der Waals surface area contributed by atoms with Gasteiger partial charge in [0.1, 0.15) is 11.3 Å². The Balaban J connectivity index is 1.85. The first kappa shape index (κ1) is 18.2. The molecular weight excluding hydrogens is 320 g/mol. The second-order valence-corrected chi connectivity index (χ2v) is 5.71. The molecule has 132 valence electrons. The van der Waals surface area contributed by atoms with E-state index in [4.69, 9.17) is 4.74 Å². The molecule has 1 fully saturated rings. The van der Waals surface area contributed by atoms with Crippen molar-refractivity contribution in [1.82, 2.24) is 5.32 Å². The zero-order chi connectivity index (χ0) is 17.4. The SMILES string of the molecule is O=C(COC(=O)c1ccccc1OC(F)F)NC1CCCCCC1. The Bertz CT molecular complexity index is 557. The molecule has 1 amide bonds. The minimum atomic E-state index is -3.04. The van der Waals surface area contributed by atoms with Crippen LogP contribution in [0, 0.1) is 0 Å². The van der Waals surface area contributed by atoms with Crippen LogP contribution in [0.15, 0.2) is 24.3 Å². The molecule has 0 atom stereocenters. The highest BCUT2D eigenvalue weighted by atomic mass is 19.3. The number of hydrogen-bond donors (Lipinski definition) is 1. The molecule has 0 aromatic heterocycles. The highest BCUT2D eigenvalue weighted by Gasteiger charge is 2.19. The Labute approximate surface area is 139 Å². The van der Waals surface area contributed by atoms with Gasteiger partial charge in [-0.05, 0) is 25.0 Å². The van der Waals surface area contributed by atoms with Crippen LogP contribution in [0.1, 0.15) is 48.9 Å². The van der Waals surface area contributed by atoms with E-state index in [0.717, 1.165) is 25.7 Å². The second kappa shape index (κ2) is 9.20. The topological polar surface area (TPSA) is 64.6 Å². The molecule has 2 rings (SSSR count). The van der Waals surface area contributed by atoms with E-state index in [9.17, 15) is 18.4 Å². The van der Waals surface area contributed by atoms with Gasteiger partial charge < -0.3 is 14.8 Å². The Morgan fingerprint density at radius 2 is 1.79 bits per heavy atom. The molecule has 24 heavy (non-hydrogen) atoms. The van der Waals surface area contributed by atoms with Crippen LogP contribution in [0.5, 0.6) is 5.75 Å². The first-order valence-electron chi connectivity index (χ1n) is 8.06. The summed E-state index contributed by atoms with van der Waals surface area (Å²) in [6.45, 7) is -3.49. The minimum Gasteiger partial charge on any atom is -0.452 e. The third-order valence-electron chi connectivity index (χ3n) is 3.88. The van der Waals surface area contributed by atoms with Crippen LogP contribution in [0.4, 0.5) is 8.78 Å². The number of rotatable bonds is 6. The molecule has 5 nitrogen and oxygen atoms in total. The van der Waals surface area contributed by atoms with Crippen molar-refractivity contribution in [2.45, 2.75) is 51.2 Å². The fourth-order valence-corrected chi connectivity index (χ4v) is 2.74. The van der Waals surface area contributed by atoms with Crippen LogP contribution in [0.2, 0.25) is 0 Å². The van der Waals surface area contributed by atoms with Gasteiger partial charge in [-0.15, -0.1) is 0 Å². The van der Waals surface area contributed by atoms with Crippen molar-refractivity contribution in [3.8, 4) is 5.75 Å². The number of halogens is 2. The molecule has 1 aliphatic carbocycles. The lowest BCUT2D eigenvalue weighted by molar-refractivity contribution is -0.125. The summed E-state index contributed by atoms with van der Waals surface area (Å²) >= 11 is 0. The predicted molar refractivity (Wildman–Crippen MR) is 83.0 cm³/mol. The highest BCUT2D eigenvalue weighted by molar-refractivity contribution is 5.94. The third kappa shape index (κ3) is 5.79. The van der Waals surface area contributed by atoms with Gasteiger partial charge in [0.2, 0.25) is 0 Å². The maximum atomic E-state index is 12.3. The van der Waals surface area contributed by atoms with E-state index in [1.165, 1.54) is 37.1 Å². The maximum absolute atomic E-state index is 12.3. The average Bonchev–Trinajstić information content (AvgIpc) is 2.81. The zero-order valence-electron chi connectivity index (χ0n) is 13.3. The summed E-state index contributed by atoms with van der Waals surface area (Å²) in [5, 5.41) is 2.85. The number of para-hydroxylation sites is 1. The molecule has 1 N–H and O–H groups in total. The van der Waals surface area contributed by atoms with Crippen LogP contribution in [-0.2, 0) is 9.53 Å². The summed E-state index contributed by atoms with van der Waals surface area (Å²) in [5.41, 5.74) is -0.139. The first-order valence-corrected chi connectivity index (χ1v) is 8.06. The quantitative estimate of drug-likeness (QED) is 0.637. The van der Waals surface area contributed by atoms with E-state index in [0.29, 0.717) is 0 Å². The number of esters is 1. The smallest absolute Gasteiger partial charge is 0.387 e. The van der Waals surface area contributed by atoms with Crippen LogP contribution in [0.25, 0.3) is 0 Å². The molecule has 0 unspecified atom stereocenters. The summed E-state index contributed by atoms with van der Waals surface area (Å²) in [6, 6.07) is 5.62. The van der Waals surface area contributed by atoms with Gasteiger partial charge in [-0.1, -0.05) is 37.8 Å². The minimum absolute atomic E-state index is 0.105. The third-order valence-corrected chi connectivity index (χ3v) is 3.88. The van der Waals surface area contributed by atoms with Crippen molar-refractivity contribution >= 4 is 11.9 Å². The van der Waals surface area contributed by atoms with Gasteiger partial charge in [0.15, 0.2) is 6.61 Å². The van der Waals surface area contributed by atoms with E-state index in [1.54, 1.807) is 0 Å². The molecule has 0 saturated heterocycles. The van der Waals surface area contributed by atoms with E-state index < -0.39 is 19.2 Å². The first-order chi connectivity index (χ1) is 11.6. The molecule has 0 heterocycles. The summed E-state index contributed by atoms with van der Waals surface area (Å²) in [6.07, 6.45) is 6.33. The number of nitrogens with one attached hydrogen (secondary N) is 1. The van der Waals surface area contributed by atoms with Gasteiger partial charge in [-0.25, -0.2) is 4.79 Å². The molecule has 0 radical (unpaired) electrons. The lowest BCUT2D eigenvalue weighted by Crippen LogP contribution is -2.37. The molecule has 1 aromatic carbocycles. The fourth-order valence-electron chi connectivity index (χ4n) is 2.74. The van der Waals surface area contributed by atoms with Crippen molar-refractivity contribution < 1.29 is 27.8 Å². The molecule has 7 heteroatoms. The van der Waals surface area contributed by atoms with Crippen molar-refractivity contribution in [3.63, 3.8) is 0 Å². The van der Waals surface area contributed by atoms with Gasteiger partial charge >= 0.3 is 12.6 Å². The van der Waals surface area contributed by atoms with Crippen molar-refractivity contribution in [2.75, 3.05) is 6.61 Å². The second-order valence-electron chi connectivity index (χ2n) is 5.71. The van der Waals surface area contributed by atoms with E-state index in [-0.39, 0.29) is 23.3 Å². The number of benzene rings is 1. The standard InChI is InChI=1S/C17H21F2NO4/c18-17(19)24-14-10-6-5-9-13(14)16(22)23-11-15(21)20-12-7-3-1-2-4-8-12/h5-6,9-10,12,17H,1-4,7-8,11H2,(H,20,21). The van der Waals surface area contributed by atoms with Gasteiger partial charge in [0.05, 0.1) is 0 Å². The molecule has 1 aliphatic rings. The van der Waals surface area contributed by atoms with Crippen LogP contribution in [0.3, 0.4) is 0 Å². The van der Waals surface area contributed by atoms with Crippen molar-refractivity contribution in [2.24, 2.45) is 0 Å². The number of carbonyl (C=O) groups excluding carboxylic acids is 2. The normalized spacial score (nSPS) is 15.6. The van der Waals surface area contributed by atoms with Crippen molar-refractivity contribution in [1.29, 1.82) is 0 Å². The molecule has 0 aliphatic heterocycles. The van der Waals surface area contributed by atoms with Crippen molar-refractivity contribution in [3.05, 3.63) is 29.8 Å². The molecule has 0 bridgehead atoms. The fraction of sp³-hybridized carbons (Fsp3) is 0.529. The highest BCUT2D eigenvalue weighted by Crippen LogP contribution is 2.21. The van der Waals surface area contributed by atoms with Gasteiger partial charge in [0, 0.05) is 6.04 Å². The maximum Gasteiger partial charge on any atom is 0.387 e. The Hall–Kier alpha value is -2.18. The summed E-state index contributed by atoms with van der Waals surface area (Å²) in [4.78, 5) is 23.9. The van der Waals surface area contributed by atoms with E-state index >= 15 is 0 Å². The van der Waals surface area contributed by atoms with Gasteiger partial charge in [0.25, 0.3) is 5.91 Å². The molecule has 1 aromatic rings. The molecule has 0 spiro atoms. The lowest BCUT2D eigenvalue weighted by atomic mass is 10.1. The summed E-state index contributed by atoms with van der Waals surface area (Å²) < 4.78 is 33.8. The molecular formula is C17H21F2NO4. The zero-order valence-corrected chi connectivity index (χ0v) is 13.3. The van der Waals surface area contributed by atoms with Gasteiger partial charge in [-0.3, -0.25) is 4.79 Å². The summed E-state index contributed by atoms with van der Waals surface area (Å²) in [5.74, 6) is -1.54. The number of carbonyl (C=O) groups is 2. The predicted octanol–water partition coefficient (Wildman–Crippen LogP) is 3.28. The Morgan fingerprint density at radius 3 is 2.46 bits per heavy atom. The van der Waals surface area contributed by atoms with Crippen LogP contribution < -0.4 is 10.1 Å². The summed E-state index contributed by atoms with van der Waals surface area (Å²) in [7, 11) is 0. The van der Waals surface area contributed by atoms with Crippen LogP contribution in [-0.4, -0.2) is 31.1 Å².